The SMILES string of the molecule is O=C(NCC1CCCN(CCCCCO)C1)Nc1cccc(F)c1. The van der Waals surface area contributed by atoms with Crippen LogP contribution in [0.3, 0.4) is 0 Å². The van der Waals surface area contributed by atoms with E-state index < -0.39 is 0 Å². The van der Waals surface area contributed by atoms with E-state index in [-0.39, 0.29) is 18.5 Å². The molecule has 1 fully saturated rings. The van der Waals surface area contributed by atoms with Gasteiger partial charge in [0.05, 0.1) is 0 Å². The van der Waals surface area contributed by atoms with Gasteiger partial charge in [0.25, 0.3) is 0 Å². The molecule has 3 N–H and O–H groups in total. The maximum atomic E-state index is 13.1. The molecule has 0 spiro atoms. The summed E-state index contributed by atoms with van der Waals surface area (Å²) in [6, 6.07) is 5.59. The summed E-state index contributed by atoms with van der Waals surface area (Å²) in [6.07, 6.45) is 5.32. The second-order valence-corrected chi connectivity index (χ2v) is 6.44. The number of rotatable bonds is 8. The average molecular weight is 337 g/mol. The predicted octanol–water partition coefficient (Wildman–Crippen LogP) is 2.82. The van der Waals surface area contributed by atoms with E-state index in [1.165, 1.54) is 12.1 Å². The van der Waals surface area contributed by atoms with Gasteiger partial charge in [-0.15, -0.1) is 0 Å². The Morgan fingerprint density at radius 2 is 2.21 bits per heavy atom. The number of likely N-dealkylation sites (tertiary alicyclic amines) is 1. The van der Waals surface area contributed by atoms with E-state index >= 15 is 0 Å². The van der Waals surface area contributed by atoms with Gasteiger partial charge in [-0.2, -0.15) is 0 Å². The molecule has 24 heavy (non-hydrogen) atoms. The summed E-state index contributed by atoms with van der Waals surface area (Å²) in [5.74, 6) is 0.0896. The van der Waals surface area contributed by atoms with E-state index in [0.29, 0.717) is 18.2 Å². The van der Waals surface area contributed by atoms with E-state index in [1.807, 2.05) is 0 Å². The molecule has 1 saturated heterocycles. The molecule has 0 aromatic heterocycles. The van der Waals surface area contributed by atoms with Gasteiger partial charge in [0.1, 0.15) is 5.82 Å². The molecule has 5 nitrogen and oxygen atoms in total. The topological polar surface area (TPSA) is 64.6 Å². The number of urea groups is 1. The quantitative estimate of drug-likeness (QED) is 0.639. The van der Waals surface area contributed by atoms with Gasteiger partial charge in [0.15, 0.2) is 0 Å². The number of hydrogen-bond donors (Lipinski definition) is 3. The molecule has 2 rings (SSSR count). The molecular formula is C18H28FN3O2. The summed E-state index contributed by atoms with van der Waals surface area (Å²) in [5, 5.41) is 14.3. The second-order valence-electron chi connectivity index (χ2n) is 6.44. The zero-order valence-electron chi connectivity index (χ0n) is 14.1. The molecule has 1 heterocycles. The molecule has 1 aliphatic rings. The Hall–Kier alpha value is -1.66. The Balaban J connectivity index is 1.66. The number of nitrogens with zero attached hydrogens (tertiary/aromatic N) is 1. The Morgan fingerprint density at radius 1 is 1.33 bits per heavy atom. The van der Waals surface area contributed by atoms with Gasteiger partial charge in [-0.1, -0.05) is 6.07 Å². The first-order chi connectivity index (χ1) is 11.7. The van der Waals surface area contributed by atoms with Crippen LogP contribution < -0.4 is 10.6 Å². The molecule has 1 aliphatic heterocycles. The maximum Gasteiger partial charge on any atom is 0.319 e. The number of benzene rings is 1. The number of unbranched alkanes of at least 4 members (excludes halogenated alkanes) is 2. The monoisotopic (exact) mass is 337 g/mol. The molecule has 6 heteroatoms. The third-order valence-corrected chi connectivity index (χ3v) is 4.37. The van der Waals surface area contributed by atoms with Crippen molar-refractivity contribution in [3.8, 4) is 0 Å². The van der Waals surface area contributed by atoms with Crippen LogP contribution in [0.4, 0.5) is 14.9 Å². The summed E-state index contributed by atoms with van der Waals surface area (Å²) in [6.45, 7) is 4.08. The fourth-order valence-corrected chi connectivity index (χ4v) is 3.12. The van der Waals surface area contributed by atoms with E-state index in [4.69, 9.17) is 5.11 Å². The Bertz CT molecular complexity index is 513. The largest absolute Gasteiger partial charge is 0.396 e. The van der Waals surface area contributed by atoms with E-state index in [2.05, 4.69) is 15.5 Å². The highest BCUT2D eigenvalue weighted by Crippen LogP contribution is 2.16. The lowest BCUT2D eigenvalue weighted by Crippen LogP contribution is -2.42. The van der Waals surface area contributed by atoms with Gasteiger partial charge in [-0.05, 0) is 69.3 Å². The summed E-state index contributed by atoms with van der Waals surface area (Å²) in [7, 11) is 0. The number of carbonyl (C=O) groups is 1. The van der Waals surface area contributed by atoms with Gasteiger partial charge in [0, 0.05) is 25.4 Å². The number of carbonyl (C=O) groups excluding carboxylic acids is 1. The van der Waals surface area contributed by atoms with Crippen molar-refractivity contribution in [2.45, 2.75) is 32.1 Å². The molecule has 134 valence electrons. The average Bonchev–Trinajstić information content (AvgIpc) is 2.57. The number of anilines is 1. The molecule has 0 bridgehead atoms. The van der Waals surface area contributed by atoms with Gasteiger partial charge >= 0.3 is 6.03 Å². The molecule has 0 aliphatic carbocycles. The van der Waals surface area contributed by atoms with Crippen LogP contribution in [-0.2, 0) is 0 Å². The van der Waals surface area contributed by atoms with E-state index in [0.717, 1.165) is 51.7 Å². The number of piperidine rings is 1. The van der Waals surface area contributed by atoms with Crippen LogP contribution in [0.2, 0.25) is 0 Å². The minimum Gasteiger partial charge on any atom is -0.396 e. The van der Waals surface area contributed by atoms with Gasteiger partial charge < -0.3 is 20.6 Å². The highest BCUT2D eigenvalue weighted by atomic mass is 19.1. The van der Waals surface area contributed by atoms with Crippen molar-refractivity contribution in [2.75, 3.05) is 38.1 Å². The minimum atomic E-state index is -0.364. The number of aliphatic hydroxyl groups excluding tert-OH is 1. The summed E-state index contributed by atoms with van der Waals surface area (Å²) < 4.78 is 13.1. The molecule has 2 amide bonds. The number of nitrogens with one attached hydrogen (secondary N) is 2. The standard InChI is InChI=1S/C18H28FN3O2/c19-16-7-4-8-17(12-16)21-18(24)20-13-15-6-5-10-22(14-15)9-2-1-3-11-23/h4,7-8,12,15,23H,1-3,5-6,9-11,13-14H2,(H2,20,21,24). The second kappa shape index (κ2) is 10.3. The Morgan fingerprint density at radius 3 is 3.00 bits per heavy atom. The highest BCUT2D eigenvalue weighted by molar-refractivity contribution is 5.89. The minimum absolute atomic E-state index is 0.271. The molecule has 1 atom stereocenters. The molecule has 0 saturated carbocycles. The molecular weight excluding hydrogens is 309 g/mol. The number of hydrogen-bond acceptors (Lipinski definition) is 3. The fourth-order valence-electron chi connectivity index (χ4n) is 3.12. The highest BCUT2D eigenvalue weighted by Gasteiger charge is 2.20. The zero-order chi connectivity index (χ0) is 17.2. The Kier molecular flexibility index (Phi) is 7.98. The zero-order valence-corrected chi connectivity index (χ0v) is 14.1. The lowest BCUT2D eigenvalue weighted by molar-refractivity contribution is 0.168. The number of halogens is 1. The maximum absolute atomic E-state index is 13.1. The van der Waals surface area contributed by atoms with Crippen molar-refractivity contribution in [1.29, 1.82) is 0 Å². The summed E-state index contributed by atoms with van der Waals surface area (Å²) in [5.41, 5.74) is 0.460. The third kappa shape index (κ3) is 6.84. The lowest BCUT2D eigenvalue weighted by atomic mass is 9.98. The van der Waals surface area contributed by atoms with Crippen molar-refractivity contribution >= 4 is 11.7 Å². The van der Waals surface area contributed by atoms with Gasteiger partial charge in [-0.25, -0.2) is 9.18 Å². The van der Waals surface area contributed by atoms with Crippen LogP contribution in [0, 0.1) is 11.7 Å². The molecule has 1 unspecified atom stereocenters. The molecule has 1 aromatic carbocycles. The van der Waals surface area contributed by atoms with Crippen LogP contribution in [0.25, 0.3) is 0 Å². The third-order valence-electron chi connectivity index (χ3n) is 4.37. The van der Waals surface area contributed by atoms with Crippen molar-refractivity contribution in [1.82, 2.24) is 10.2 Å². The van der Waals surface area contributed by atoms with E-state index in [1.54, 1.807) is 12.1 Å². The predicted molar refractivity (Wildman–Crippen MR) is 93.5 cm³/mol. The number of aliphatic hydroxyl groups is 1. The van der Waals surface area contributed by atoms with Crippen molar-refractivity contribution in [3.63, 3.8) is 0 Å². The van der Waals surface area contributed by atoms with Crippen LogP contribution in [0.5, 0.6) is 0 Å². The summed E-state index contributed by atoms with van der Waals surface area (Å²) in [4.78, 5) is 14.4. The Labute approximate surface area is 143 Å². The fraction of sp³-hybridized carbons (Fsp3) is 0.611. The molecule has 0 radical (unpaired) electrons. The lowest BCUT2D eigenvalue weighted by Gasteiger charge is -2.32. The van der Waals surface area contributed by atoms with Crippen LogP contribution in [-0.4, -0.2) is 48.8 Å². The first kappa shape index (κ1) is 18.7. The normalized spacial score (nSPS) is 18.3. The van der Waals surface area contributed by atoms with Crippen molar-refractivity contribution in [3.05, 3.63) is 30.1 Å². The van der Waals surface area contributed by atoms with E-state index in [9.17, 15) is 9.18 Å². The molecule has 1 aromatic rings. The van der Waals surface area contributed by atoms with Crippen molar-refractivity contribution < 1.29 is 14.3 Å². The smallest absolute Gasteiger partial charge is 0.319 e. The number of amides is 2. The van der Waals surface area contributed by atoms with Gasteiger partial charge in [0.2, 0.25) is 0 Å². The van der Waals surface area contributed by atoms with Gasteiger partial charge in [-0.3, -0.25) is 0 Å². The first-order valence-electron chi connectivity index (χ1n) is 8.81. The van der Waals surface area contributed by atoms with Crippen LogP contribution in [0.15, 0.2) is 24.3 Å². The van der Waals surface area contributed by atoms with Crippen molar-refractivity contribution in [2.24, 2.45) is 5.92 Å². The summed E-state index contributed by atoms with van der Waals surface area (Å²) >= 11 is 0. The first-order valence-corrected chi connectivity index (χ1v) is 8.81. The van der Waals surface area contributed by atoms with Crippen LogP contribution >= 0.6 is 0 Å². The van der Waals surface area contributed by atoms with Crippen LogP contribution in [0.1, 0.15) is 32.1 Å².